The second-order valence-electron chi connectivity index (χ2n) is 5.31. The topological polar surface area (TPSA) is 74.3 Å². The molecule has 2 heterocycles. The van der Waals surface area contributed by atoms with Gasteiger partial charge in [-0.2, -0.15) is 0 Å². The number of urea groups is 1. The molecule has 0 unspecified atom stereocenters. The highest BCUT2D eigenvalue weighted by Gasteiger charge is 2.20. The van der Waals surface area contributed by atoms with Crippen LogP contribution >= 0.6 is 11.3 Å². The van der Waals surface area contributed by atoms with Crippen molar-refractivity contribution in [3.8, 4) is 0 Å². The molecule has 0 atom stereocenters. The first-order valence-electron chi connectivity index (χ1n) is 7.51. The second kappa shape index (κ2) is 7.23. The minimum Gasteiger partial charge on any atom is -0.337 e. The number of thiazole rings is 1. The Morgan fingerprint density at radius 3 is 2.87 bits per heavy atom. The summed E-state index contributed by atoms with van der Waals surface area (Å²) in [5.41, 5.74) is 2.50. The number of nitrogens with zero attached hydrogens (tertiary/aromatic N) is 2. The van der Waals surface area contributed by atoms with Crippen molar-refractivity contribution >= 4 is 28.4 Å². The van der Waals surface area contributed by atoms with E-state index in [4.69, 9.17) is 0 Å². The average Bonchev–Trinajstić information content (AvgIpc) is 3.07. The number of hydrogen-bond donors (Lipinski definition) is 2. The predicted molar refractivity (Wildman–Crippen MR) is 89.3 cm³/mol. The van der Waals surface area contributed by atoms with E-state index in [2.05, 4.69) is 27.8 Å². The normalized spacial score (nSPS) is 13.3. The Balaban J connectivity index is 1.42. The lowest BCUT2D eigenvalue weighted by atomic mass is 10.0. The standard InChI is InChI=1S/C16H18N4O2S/c21-14(19-15-17-8-10-23-15)5-7-18-16(22)20-9-6-12-3-1-2-4-13(12)11-20/h1-4,8,10H,5-7,9,11H2,(H,18,22)(H,17,19,21). The third kappa shape index (κ3) is 4.07. The van der Waals surface area contributed by atoms with Gasteiger partial charge in [0.05, 0.1) is 0 Å². The molecule has 0 saturated carbocycles. The zero-order valence-electron chi connectivity index (χ0n) is 12.6. The molecule has 2 N–H and O–H groups in total. The van der Waals surface area contributed by atoms with Gasteiger partial charge in [0.2, 0.25) is 5.91 Å². The van der Waals surface area contributed by atoms with Gasteiger partial charge in [0, 0.05) is 37.6 Å². The number of aromatic nitrogens is 1. The fraction of sp³-hybridized carbons (Fsp3) is 0.312. The van der Waals surface area contributed by atoms with Crippen molar-refractivity contribution in [3.05, 3.63) is 47.0 Å². The maximum absolute atomic E-state index is 12.2. The molecular formula is C16H18N4O2S. The number of rotatable bonds is 4. The summed E-state index contributed by atoms with van der Waals surface area (Å²) in [7, 11) is 0. The Morgan fingerprint density at radius 2 is 2.09 bits per heavy atom. The van der Waals surface area contributed by atoms with Crippen molar-refractivity contribution in [3.63, 3.8) is 0 Å². The molecule has 0 fully saturated rings. The summed E-state index contributed by atoms with van der Waals surface area (Å²) in [6, 6.07) is 8.05. The van der Waals surface area contributed by atoms with Crippen LogP contribution in [0.2, 0.25) is 0 Å². The van der Waals surface area contributed by atoms with Crippen molar-refractivity contribution in [1.82, 2.24) is 15.2 Å². The number of carbonyl (C=O) groups is 2. The highest BCUT2D eigenvalue weighted by molar-refractivity contribution is 7.13. The van der Waals surface area contributed by atoms with Crippen LogP contribution in [0.4, 0.5) is 9.93 Å². The van der Waals surface area contributed by atoms with Crippen LogP contribution in [-0.4, -0.2) is 34.9 Å². The molecular weight excluding hydrogens is 312 g/mol. The molecule has 0 spiro atoms. The molecule has 120 valence electrons. The van der Waals surface area contributed by atoms with Gasteiger partial charge < -0.3 is 15.5 Å². The summed E-state index contributed by atoms with van der Waals surface area (Å²) in [5.74, 6) is -0.149. The highest BCUT2D eigenvalue weighted by Crippen LogP contribution is 2.18. The molecule has 0 saturated heterocycles. The largest absolute Gasteiger partial charge is 0.337 e. The average molecular weight is 330 g/mol. The molecule has 3 amide bonds. The first kappa shape index (κ1) is 15.5. The van der Waals surface area contributed by atoms with E-state index in [0.717, 1.165) is 6.42 Å². The van der Waals surface area contributed by atoms with Gasteiger partial charge in [0.25, 0.3) is 0 Å². The van der Waals surface area contributed by atoms with E-state index in [-0.39, 0.29) is 18.4 Å². The van der Waals surface area contributed by atoms with Crippen molar-refractivity contribution < 1.29 is 9.59 Å². The summed E-state index contributed by atoms with van der Waals surface area (Å²) < 4.78 is 0. The summed E-state index contributed by atoms with van der Waals surface area (Å²) in [4.78, 5) is 29.7. The van der Waals surface area contributed by atoms with Crippen LogP contribution in [0.5, 0.6) is 0 Å². The number of hydrogen-bond acceptors (Lipinski definition) is 4. The fourth-order valence-corrected chi connectivity index (χ4v) is 3.08. The van der Waals surface area contributed by atoms with Crippen LogP contribution < -0.4 is 10.6 Å². The summed E-state index contributed by atoms with van der Waals surface area (Å²) in [5, 5.41) is 7.87. The number of amides is 3. The Morgan fingerprint density at radius 1 is 1.26 bits per heavy atom. The van der Waals surface area contributed by atoms with Crippen LogP contribution in [0.3, 0.4) is 0 Å². The van der Waals surface area contributed by atoms with E-state index < -0.39 is 0 Å². The van der Waals surface area contributed by atoms with E-state index in [0.29, 0.717) is 24.8 Å². The van der Waals surface area contributed by atoms with E-state index in [1.54, 1.807) is 16.5 Å². The minimum absolute atomic E-state index is 0.124. The van der Waals surface area contributed by atoms with Crippen LogP contribution in [0.1, 0.15) is 17.5 Å². The highest BCUT2D eigenvalue weighted by atomic mass is 32.1. The summed E-state index contributed by atoms with van der Waals surface area (Å²) >= 11 is 1.37. The Hall–Kier alpha value is -2.41. The van der Waals surface area contributed by atoms with Crippen molar-refractivity contribution in [2.75, 3.05) is 18.4 Å². The van der Waals surface area contributed by atoms with Crippen LogP contribution in [-0.2, 0) is 17.8 Å². The van der Waals surface area contributed by atoms with Gasteiger partial charge in [0.15, 0.2) is 5.13 Å². The SMILES string of the molecule is O=C(CCNC(=O)N1CCc2ccccc2C1)Nc1nccs1. The second-order valence-corrected chi connectivity index (χ2v) is 6.20. The molecule has 1 aromatic heterocycles. The number of fused-ring (bicyclic) bond motifs is 1. The molecule has 6 nitrogen and oxygen atoms in total. The van der Waals surface area contributed by atoms with Gasteiger partial charge in [-0.3, -0.25) is 4.79 Å². The van der Waals surface area contributed by atoms with Gasteiger partial charge in [-0.05, 0) is 17.5 Å². The molecule has 2 aromatic rings. The summed E-state index contributed by atoms with van der Waals surface area (Å²) in [6.07, 6.45) is 2.74. The lowest BCUT2D eigenvalue weighted by Gasteiger charge is -2.28. The quantitative estimate of drug-likeness (QED) is 0.903. The Bertz CT molecular complexity index is 687. The Kier molecular flexibility index (Phi) is 4.87. The number of nitrogens with one attached hydrogen (secondary N) is 2. The lowest BCUT2D eigenvalue weighted by molar-refractivity contribution is -0.116. The third-order valence-electron chi connectivity index (χ3n) is 3.72. The van der Waals surface area contributed by atoms with Crippen LogP contribution in [0, 0.1) is 0 Å². The van der Waals surface area contributed by atoms with Crippen LogP contribution in [0.25, 0.3) is 0 Å². The van der Waals surface area contributed by atoms with Gasteiger partial charge in [-0.25, -0.2) is 9.78 Å². The van der Waals surface area contributed by atoms with Crippen molar-refractivity contribution in [1.29, 1.82) is 0 Å². The van der Waals surface area contributed by atoms with Crippen LogP contribution in [0.15, 0.2) is 35.8 Å². The van der Waals surface area contributed by atoms with E-state index >= 15 is 0 Å². The zero-order chi connectivity index (χ0) is 16.1. The maximum atomic E-state index is 12.2. The van der Waals surface area contributed by atoms with Crippen molar-refractivity contribution in [2.45, 2.75) is 19.4 Å². The zero-order valence-corrected chi connectivity index (χ0v) is 13.4. The summed E-state index contributed by atoms with van der Waals surface area (Å²) in [6.45, 7) is 1.63. The van der Waals surface area contributed by atoms with Gasteiger partial charge >= 0.3 is 6.03 Å². The molecule has 23 heavy (non-hydrogen) atoms. The number of benzene rings is 1. The predicted octanol–water partition coefficient (Wildman–Crippen LogP) is 2.24. The van der Waals surface area contributed by atoms with Crippen molar-refractivity contribution in [2.24, 2.45) is 0 Å². The monoisotopic (exact) mass is 330 g/mol. The molecule has 1 aliphatic rings. The first-order chi connectivity index (χ1) is 11.2. The van der Waals surface area contributed by atoms with E-state index in [1.807, 2.05) is 12.1 Å². The smallest absolute Gasteiger partial charge is 0.317 e. The Labute approximate surface area is 138 Å². The number of carbonyl (C=O) groups excluding carboxylic acids is 2. The van der Waals surface area contributed by atoms with Gasteiger partial charge in [-0.1, -0.05) is 24.3 Å². The molecule has 0 bridgehead atoms. The molecule has 0 radical (unpaired) electrons. The minimum atomic E-state index is -0.149. The fourth-order valence-electron chi connectivity index (χ4n) is 2.53. The molecule has 7 heteroatoms. The molecule has 1 aliphatic heterocycles. The maximum Gasteiger partial charge on any atom is 0.317 e. The molecule has 0 aliphatic carbocycles. The molecule has 1 aromatic carbocycles. The lowest BCUT2D eigenvalue weighted by Crippen LogP contribution is -2.43. The number of anilines is 1. The van der Waals surface area contributed by atoms with Gasteiger partial charge in [0.1, 0.15) is 0 Å². The third-order valence-corrected chi connectivity index (χ3v) is 4.41. The van der Waals surface area contributed by atoms with E-state index in [9.17, 15) is 9.59 Å². The first-order valence-corrected chi connectivity index (χ1v) is 8.39. The van der Waals surface area contributed by atoms with E-state index in [1.165, 1.54) is 22.5 Å². The van der Waals surface area contributed by atoms with Gasteiger partial charge in [-0.15, -0.1) is 11.3 Å². The molecule has 3 rings (SSSR count).